The quantitative estimate of drug-likeness (QED) is 0.845. The second-order valence-electron chi connectivity index (χ2n) is 6.14. The summed E-state index contributed by atoms with van der Waals surface area (Å²) in [5, 5.41) is 12.2. The van der Waals surface area contributed by atoms with Crippen molar-refractivity contribution < 1.29 is 14.6 Å². The maximum atomic E-state index is 12.2. The lowest BCUT2D eigenvalue weighted by molar-refractivity contribution is -0.117. The molecule has 0 saturated carbocycles. The molecule has 2 saturated heterocycles. The minimum absolute atomic E-state index is 0.0236. The zero-order chi connectivity index (χ0) is 16.1. The zero-order valence-corrected chi connectivity index (χ0v) is 13.4. The number of hydrogen-bond acceptors (Lipinski definition) is 5. The maximum absolute atomic E-state index is 12.2. The molecular weight excluding hydrogens is 294 g/mol. The Morgan fingerprint density at radius 1 is 1.22 bits per heavy atom. The van der Waals surface area contributed by atoms with E-state index in [2.05, 4.69) is 15.1 Å². The molecule has 6 nitrogen and oxygen atoms in total. The van der Waals surface area contributed by atoms with Gasteiger partial charge in [-0.1, -0.05) is 0 Å². The van der Waals surface area contributed by atoms with Crippen LogP contribution in [0.3, 0.4) is 0 Å². The fourth-order valence-electron chi connectivity index (χ4n) is 3.27. The van der Waals surface area contributed by atoms with Gasteiger partial charge in [0.05, 0.1) is 26.4 Å². The highest BCUT2D eigenvalue weighted by Crippen LogP contribution is 2.20. The fraction of sp³-hybridized carbons (Fsp3) is 0.588. The Balaban J connectivity index is 1.52. The van der Waals surface area contributed by atoms with E-state index in [0.29, 0.717) is 6.54 Å². The number of benzene rings is 1. The highest BCUT2D eigenvalue weighted by molar-refractivity contribution is 5.92. The summed E-state index contributed by atoms with van der Waals surface area (Å²) in [6.45, 7) is 4.69. The van der Waals surface area contributed by atoms with Gasteiger partial charge in [-0.2, -0.15) is 0 Å². The van der Waals surface area contributed by atoms with Crippen molar-refractivity contribution in [2.75, 3.05) is 56.2 Å². The van der Waals surface area contributed by atoms with E-state index in [1.54, 1.807) is 0 Å². The molecule has 1 atom stereocenters. The van der Waals surface area contributed by atoms with E-state index in [9.17, 15) is 9.90 Å². The highest BCUT2D eigenvalue weighted by Gasteiger charge is 2.25. The molecule has 2 fully saturated rings. The van der Waals surface area contributed by atoms with Crippen molar-refractivity contribution in [3.63, 3.8) is 0 Å². The number of nitrogens with one attached hydrogen (secondary N) is 1. The van der Waals surface area contributed by atoms with Crippen LogP contribution >= 0.6 is 0 Å². The van der Waals surface area contributed by atoms with Gasteiger partial charge in [0.25, 0.3) is 0 Å². The molecule has 0 aromatic heterocycles. The van der Waals surface area contributed by atoms with E-state index in [1.165, 1.54) is 0 Å². The van der Waals surface area contributed by atoms with E-state index in [0.717, 1.165) is 57.1 Å². The number of anilines is 2. The molecule has 2 aliphatic heterocycles. The molecular formula is C17H25N3O3. The van der Waals surface area contributed by atoms with Crippen LogP contribution in [0.2, 0.25) is 0 Å². The molecule has 126 valence electrons. The Hall–Kier alpha value is -1.63. The first-order chi connectivity index (χ1) is 11.3. The summed E-state index contributed by atoms with van der Waals surface area (Å²) < 4.78 is 5.36. The molecule has 0 aliphatic carbocycles. The number of carbonyl (C=O) groups is 1. The topological polar surface area (TPSA) is 65.0 Å². The van der Waals surface area contributed by atoms with Crippen LogP contribution in [0.1, 0.15) is 12.8 Å². The molecule has 1 aromatic rings. The summed E-state index contributed by atoms with van der Waals surface area (Å²) in [6, 6.07) is 8.08. The van der Waals surface area contributed by atoms with E-state index in [4.69, 9.17) is 4.74 Å². The van der Waals surface area contributed by atoms with Gasteiger partial charge in [-0.05, 0) is 43.7 Å². The molecule has 0 radical (unpaired) electrons. The van der Waals surface area contributed by atoms with Gasteiger partial charge in [0.1, 0.15) is 0 Å². The molecule has 2 heterocycles. The van der Waals surface area contributed by atoms with E-state index >= 15 is 0 Å². The number of nitrogens with zero attached hydrogens (tertiary/aromatic N) is 2. The van der Waals surface area contributed by atoms with Crippen molar-refractivity contribution in [2.24, 2.45) is 0 Å². The first kappa shape index (κ1) is 16.2. The van der Waals surface area contributed by atoms with Gasteiger partial charge < -0.3 is 20.1 Å². The molecule has 6 heteroatoms. The van der Waals surface area contributed by atoms with Crippen molar-refractivity contribution in [2.45, 2.75) is 18.9 Å². The van der Waals surface area contributed by atoms with E-state index < -0.39 is 0 Å². The average molecular weight is 319 g/mol. The Morgan fingerprint density at radius 2 is 1.96 bits per heavy atom. The molecule has 1 aromatic carbocycles. The second kappa shape index (κ2) is 7.77. The van der Waals surface area contributed by atoms with Crippen LogP contribution < -0.4 is 10.2 Å². The van der Waals surface area contributed by atoms with Gasteiger partial charge >= 0.3 is 0 Å². The van der Waals surface area contributed by atoms with Gasteiger partial charge in [0, 0.05) is 30.5 Å². The van der Waals surface area contributed by atoms with Crippen molar-refractivity contribution in [3.8, 4) is 0 Å². The lowest BCUT2D eigenvalue weighted by atomic mass is 10.2. The second-order valence-corrected chi connectivity index (χ2v) is 6.14. The molecule has 3 rings (SSSR count). The van der Waals surface area contributed by atoms with Crippen LogP contribution in [-0.2, 0) is 9.53 Å². The number of amides is 1. The molecule has 0 unspecified atom stereocenters. The maximum Gasteiger partial charge on any atom is 0.238 e. The predicted octanol–water partition coefficient (Wildman–Crippen LogP) is 0.918. The summed E-state index contributed by atoms with van der Waals surface area (Å²) >= 11 is 0. The summed E-state index contributed by atoms with van der Waals surface area (Å²) in [4.78, 5) is 16.5. The number of rotatable bonds is 5. The van der Waals surface area contributed by atoms with Crippen LogP contribution in [0.5, 0.6) is 0 Å². The van der Waals surface area contributed by atoms with Gasteiger partial charge in [0.2, 0.25) is 5.91 Å². The van der Waals surface area contributed by atoms with Crippen LogP contribution in [0.15, 0.2) is 24.3 Å². The zero-order valence-electron chi connectivity index (χ0n) is 13.4. The van der Waals surface area contributed by atoms with Gasteiger partial charge in [-0.15, -0.1) is 0 Å². The summed E-state index contributed by atoms with van der Waals surface area (Å²) in [5.41, 5.74) is 1.97. The number of likely N-dealkylation sites (tertiary alicyclic amines) is 1. The Bertz CT molecular complexity index is 514. The Morgan fingerprint density at radius 3 is 2.65 bits per heavy atom. The number of carbonyl (C=O) groups excluding carboxylic acids is 1. The van der Waals surface area contributed by atoms with Gasteiger partial charge in [-0.25, -0.2) is 0 Å². The average Bonchev–Trinajstić information content (AvgIpc) is 3.03. The van der Waals surface area contributed by atoms with Gasteiger partial charge in [-0.3, -0.25) is 9.69 Å². The Labute approximate surface area is 137 Å². The number of ether oxygens (including phenoxy) is 1. The van der Waals surface area contributed by atoms with Crippen molar-refractivity contribution in [1.82, 2.24) is 4.90 Å². The first-order valence-electron chi connectivity index (χ1n) is 8.34. The lowest BCUT2D eigenvalue weighted by Gasteiger charge is -2.29. The monoisotopic (exact) mass is 319 g/mol. The minimum Gasteiger partial charge on any atom is -0.395 e. The van der Waals surface area contributed by atoms with E-state index in [1.807, 2.05) is 24.3 Å². The van der Waals surface area contributed by atoms with Crippen LogP contribution in [0, 0.1) is 0 Å². The molecule has 1 amide bonds. The number of morpholine rings is 1. The number of aliphatic hydroxyl groups is 1. The molecule has 2 N–H and O–H groups in total. The first-order valence-corrected chi connectivity index (χ1v) is 8.34. The number of hydrogen-bond donors (Lipinski definition) is 2. The summed E-state index contributed by atoms with van der Waals surface area (Å²) in [7, 11) is 0. The third kappa shape index (κ3) is 4.22. The third-order valence-electron chi connectivity index (χ3n) is 4.58. The third-order valence-corrected chi connectivity index (χ3v) is 4.58. The summed E-state index contributed by atoms with van der Waals surface area (Å²) in [5.74, 6) is -0.0236. The molecule has 23 heavy (non-hydrogen) atoms. The van der Waals surface area contributed by atoms with Crippen molar-refractivity contribution >= 4 is 17.3 Å². The molecule has 2 aliphatic rings. The normalized spacial score (nSPS) is 22.3. The van der Waals surface area contributed by atoms with Crippen LogP contribution in [0.25, 0.3) is 0 Å². The minimum atomic E-state index is -0.0236. The van der Waals surface area contributed by atoms with Crippen molar-refractivity contribution in [1.29, 1.82) is 0 Å². The highest BCUT2D eigenvalue weighted by atomic mass is 16.5. The lowest BCUT2D eigenvalue weighted by Crippen LogP contribution is -2.38. The predicted molar refractivity (Wildman–Crippen MR) is 89.8 cm³/mol. The van der Waals surface area contributed by atoms with E-state index in [-0.39, 0.29) is 18.6 Å². The standard InChI is InChI=1S/C17H25N3O3/c21-13-16-2-1-7-20(16)12-17(22)18-14-3-5-15(6-4-14)19-8-10-23-11-9-19/h3-6,16,21H,1-2,7-13H2,(H,18,22)/t16-/m0/s1. The Kier molecular flexibility index (Phi) is 5.48. The number of aliphatic hydroxyl groups excluding tert-OH is 1. The smallest absolute Gasteiger partial charge is 0.238 e. The summed E-state index contributed by atoms with van der Waals surface area (Å²) in [6.07, 6.45) is 2.02. The SMILES string of the molecule is O=C(CN1CCC[C@H]1CO)Nc1ccc(N2CCOCC2)cc1. The fourth-order valence-corrected chi connectivity index (χ4v) is 3.27. The van der Waals surface area contributed by atoms with Crippen molar-refractivity contribution in [3.05, 3.63) is 24.3 Å². The largest absolute Gasteiger partial charge is 0.395 e. The molecule has 0 bridgehead atoms. The van der Waals surface area contributed by atoms with Crippen LogP contribution in [-0.4, -0.2) is 68.0 Å². The van der Waals surface area contributed by atoms with Crippen LogP contribution in [0.4, 0.5) is 11.4 Å². The van der Waals surface area contributed by atoms with Gasteiger partial charge in [0.15, 0.2) is 0 Å². The molecule has 0 spiro atoms.